The van der Waals surface area contributed by atoms with Crippen LogP contribution >= 0.6 is 11.3 Å². The lowest BCUT2D eigenvalue weighted by atomic mass is 9.78. The van der Waals surface area contributed by atoms with Gasteiger partial charge in [-0.3, -0.25) is 5.43 Å². The second-order valence-corrected chi connectivity index (χ2v) is 9.56. The molecule has 0 amide bonds. The third-order valence-electron chi connectivity index (χ3n) is 6.02. The first-order valence-corrected chi connectivity index (χ1v) is 11.5. The fourth-order valence-electron chi connectivity index (χ4n) is 3.42. The van der Waals surface area contributed by atoms with E-state index in [-0.39, 0.29) is 0 Å². The summed E-state index contributed by atoms with van der Waals surface area (Å²) < 4.78 is 23.6. The van der Waals surface area contributed by atoms with E-state index in [4.69, 9.17) is 18.8 Å². The van der Waals surface area contributed by atoms with Crippen molar-refractivity contribution in [2.24, 2.45) is 5.10 Å². The average molecular weight is 465 g/mol. The molecule has 9 heteroatoms. The number of nitrogens with zero attached hydrogens (tertiary/aromatic N) is 2. The molecular weight excluding hydrogens is 437 g/mol. The Balaban J connectivity index is 1.54. The van der Waals surface area contributed by atoms with Gasteiger partial charge in [0.15, 0.2) is 0 Å². The van der Waals surface area contributed by atoms with Gasteiger partial charge in [0, 0.05) is 10.9 Å². The van der Waals surface area contributed by atoms with Crippen molar-refractivity contribution >= 4 is 35.3 Å². The van der Waals surface area contributed by atoms with Crippen LogP contribution in [-0.4, -0.2) is 43.7 Å². The summed E-state index contributed by atoms with van der Waals surface area (Å²) in [5.74, 6) is 1.21. The van der Waals surface area contributed by atoms with Crippen molar-refractivity contribution in [1.82, 2.24) is 4.98 Å². The van der Waals surface area contributed by atoms with Gasteiger partial charge in [0.25, 0.3) is 0 Å². The SMILES string of the molecule is COc1cc(B2OC(C)(C)C(C)(C)O2)cc(OC)c1C=NNc1nc(-c2ccccc2)cs1. The van der Waals surface area contributed by atoms with Crippen molar-refractivity contribution in [1.29, 1.82) is 0 Å². The lowest BCUT2D eigenvalue weighted by Gasteiger charge is -2.32. The van der Waals surface area contributed by atoms with Crippen molar-refractivity contribution in [3.8, 4) is 22.8 Å². The van der Waals surface area contributed by atoms with E-state index in [2.05, 4.69) is 15.5 Å². The molecule has 0 bridgehead atoms. The lowest BCUT2D eigenvalue weighted by molar-refractivity contribution is 0.00578. The molecular formula is C24H28BN3O4S. The highest BCUT2D eigenvalue weighted by Gasteiger charge is 2.52. The molecule has 2 aromatic carbocycles. The van der Waals surface area contributed by atoms with Gasteiger partial charge in [-0.05, 0) is 45.3 Å². The van der Waals surface area contributed by atoms with Crippen molar-refractivity contribution in [2.75, 3.05) is 19.6 Å². The molecule has 7 nitrogen and oxygen atoms in total. The first-order valence-electron chi connectivity index (χ1n) is 10.7. The maximum absolute atomic E-state index is 6.18. The summed E-state index contributed by atoms with van der Waals surface area (Å²) in [6.45, 7) is 8.10. The number of nitrogens with one attached hydrogen (secondary N) is 1. The van der Waals surface area contributed by atoms with E-state index in [1.165, 1.54) is 11.3 Å². The Labute approximate surface area is 198 Å². The number of hydrogen-bond donors (Lipinski definition) is 1. The quantitative estimate of drug-likeness (QED) is 0.313. The molecule has 3 aromatic rings. The molecule has 0 aliphatic carbocycles. The number of benzene rings is 2. The first kappa shape index (κ1) is 23.3. The Bertz CT molecular complexity index is 1110. The van der Waals surface area contributed by atoms with Gasteiger partial charge >= 0.3 is 7.12 Å². The van der Waals surface area contributed by atoms with Crippen molar-refractivity contribution in [3.05, 3.63) is 53.4 Å². The highest BCUT2D eigenvalue weighted by atomic mass is 32.1. The van der Waals surface area contributed by atoms with Crippen molar-refractivity contribution < 1.29 is 18.8 Å². The van der Waals surface area contributed by atoms with Gasteiger partial charge in [0.1, 0.15) is 11.5 Å². The molecule has 1 aromatic heterocycles. The molecule has 33 heavy (non-hydrogen) atoms. The van der Waals surface area contributed by atoms with Gasteiger partial charge < -0.3 is 18.8 Å². The third kappa shape index (κ3) is 4.76. The second kappa shape index (κ2) is 9.17. The molecule has 0 spiro atoms. The van der Waals surface area contributed by atoms with Crippen LogP contribution in [0.15, 0.2) is 52.9 Å². The smallest absolute Gasteiger partial charge is 0.495 e. The molecule has 4 rings (SSSR count). The van der Waals surface area contributed by atoms with Crippen LogP contribution in [0.1, 0.15) is 33.3 Å². The number of hydrazone groups is 1. The van der Waals surface area contributed by atoms with Crippen LogP contribution < -0.4 is 20.4 Å². The van der Waals surface area contributed by atoms with Crippen LogP contribution in [0.2, 0.25) is 0 Å². The average Bonchev–Trinajstić information content (AvgIpc) is 3.35. The maximum Gasteiger partial charge on any atom is 0.495 e. The fraction of sp³-hybridized carbons (Fsp3) is 0.333. The van der Waals surface area contributed by atoms with Crippen molar-refractivity contribution in [2.45, 2.75) is 38.9 Å². The largest absolute Gasteiger partial charge is 0.496 e. The zero-order chi connectivity index (χ0) is 23.6. The predicted octanol–water partition coefficient (Wildman–Crippen LogP) is 4.57. The maximum atomic E-state index is 6.18. The first-order chi connectivity index (χ1) is 15.7. The second-order valence-electron chi connectivity index (χ2n) is 8.70. The number of aromatic nitrogens is 1. The normalized spacial score (nSPS) is 16.8. The monoisotopic (exact) mass is 465 g/mol. The van der Waals surface area contributed by atoms with Gasteiger partial charge in [-0.25, -0.2) is 4.98 Å². The van der Waals surface area contributed by atoms with E-state index in [9.17, 15) is 0 Å². The van der Waals surface area contributed by atoms with Gasteiger partial charge in [-0.2, -0.15) is 5.10 Å². The molecule has 2 heterocycles. The molecule has 172 valence electrons. The Hall–Kier alpha value is -2.88. The standard InChI is InChI=1S/C24H28BN3O4S/c1-23(2)24(3,4)32-25(31-23)17-12-20(29-5)18(21(13-17)30-6)14-26-28-22-27-19(15-33-22)16-10-8-7-9-11-16/h7-15H,1-6H3,(H,27,28). The Morgan fingerprint density at radius 3 is 2.18 bits per heavy atom. The summed E-state index contributed by atoms with van der Waals surface area (Å²) >= 11 is 1.49. The van der Waals surface area contributed by atoms with E-state index in [0.29, 0.717) is 22.2 Å². The molecule has 0 unspecified atom stereocenters. The number of rotatable bonds is 7. The Morgan fingerprint density at radius 2 is 1.61 bits per heavy atom. The van der Waals surface area contributed by atoms with Gasteiger partial charge in [0.05, 0.1) is 42.9 Å². The van der Waals surface area contributed by atoms with Crippen LogP contribution in [0.5, 0.6) is 11.5 Å². The van der Waals surface area contributed by atoms with Crippen LogP contribution in [0.4, 0.5) is 5.13 Å². The summed E-state index contributed by atoms with van der Waals surface area (Å²) in [5, 5.41) is 7.05. The zero-order valence-corrected chi connectivity index (χ0v) is 20.5. The zero-order valence-electron chi connectivity index (χ0n) is 19.7. The number of hydrogen-bond acceptors (Lipinski definition) is 8. The van der Waals surface area contributed by atoms with Crippen molar-refractivity contribution in [3.63, 3.8) is 0 Å². The highest BCUT2D eigenvalue weighted by molar-refractivity contribution is 7.14. The van der Waals surface area contributed by atoms with Gasteiger partial charge in [-0.1, -0.05) is 30.3 Å². The number of methoxy groups -OCH3 is 2. The Kier molecular flexibility index (Phi) is 6.47. The predicted molar refractivity (Wildman–Crippen MR) is 134 cm³/mol. The van der Waals surface area contributed by atoms with Crippen LogP contribution in [-0.2, 0) is 9.31 Å². The summed E-state index contributed by atoms with van der Waals surface area (Å²) in [6.07, 6.45) is 1.66. The summed E-state index contributed by atoms with van der Waals surface area (Å²) in [4.78, 5) is 4.59. The number of anilines is 1. The van der Waals surface area contributed by atoms with E-state index in [1.54, 1.807) is 20.4 Å². The molecule has 0 radical (unpaired) electrons. The third-order valence-corrected chi connectivity index (χ3v) is 6.77. The van der Waals surface area contributed by atoms with E-state index >= 15 is 0 Å². The number of thiazole rings is 1. The Morgan fingerprint density at radius 1 is 1.00 bits per heavy atom. The summed E-state index contributed by atoms with van der Waals surface area (Å²) in [7, 11) is 2.70. The van der Waals surface area contributed by atoms with E-state index in [1.807, 2.05) is 75.5 Å². The molecule has 1 saturated heterocycles. The minimum absolute atomic E-state index is 0.436. The molecule has 1 aliphatic rings. The highest BCUT2D eigenvalue weighted by Crippen LogP contribution is 2.37. The van der Waals surface area contributed by atoms with Gasteiger partial charge in [-0.15, -0.1) is 11.3 Å². The van der Waals surface area contributed by atoms with E-state index in [0.717, 1.165) is 16.7 Å². The molecule has 1 aliphatic heterocycles. The summed E-state index contributed by atoms with van der Waals surface area (Å²) in [6, 6.07) is 13.8. The molecule has 1 N–H and O–H groups in total. The van der Waals surface area contributed by atoms with E-state index < -0.39 is 18.3 Å². The molecule has 1 fully saturated rings. The summed E-state index contributed by atoms with van der Waals surface area (Å²) in [5.41, 5.74) is 5.61. The molecule has 0 atom stereocenters. The number of ether oxygens (including phenoxy) is 2. The van der Waals surface area contributed by atoms with Gasteiger partial charge in [0.2, 0.25) is 5.13 Å². The topological polar surface area (TPSA) is 74.2 Å². The molecule has 0 saturated carbocycles. The minimum atomic E-state index is -0.520. The minimum Gasteiger partial charge on any atom is -0.496 e. The fourth-order valence-corrected chi connectivity index (χ4v) is 4.09. The lowest BCUT2D eigenvalue weighted by Crippen LogP contribution is -2.41. The van der Waals surface area contributed by atoms with Crippen LogP contribution in [0.3, 0.4) is 0 Å². The van der Waals surface area contributed by atoms with Crippen LogP contribution in [0.25, 0.3) is 11.3 Å². The van der Waals surface area contributed by atoms with Crippen LogP contribution in [0, 0.1) is 0 Å².